The highest BCUT2D eigenvalue weighted by Gasteiger charge is 2.20. The number of nitrogens with zero attached hydrogens (tertiary/aromatic N) is 3. The van der Waals surface area contributed by atoms with Crippen molar-refractivity contribution in [2.45, 2.75) is 13.0 Å². The summed E-state index contributed by atoms with van der Waals surface area (Å²) in [5.41, 5.74) is 6.41. The Morgan fingerprint density at radius 2 is 2.05 bits per heavy atom. The molecule has 1 atom stereocenters. The Labute approximate surface area is 121 Å². The third-order valence-corrected chi connectivity index (χ3v) is 3.81. The lowest BCUT2D eigenvalue weighted by atomic mass is 10.2. The molecule has 2 heterocycles. The lowest BCUT2D eigenvalue weighted by Gasteiger charge is -2.30. The average Bonchev–Trinajstić information content (AvgIpc) is 2.76. The first-order valence-corrected chi connectivity index (χ1v) is 6.99. The minimum absolute atomic E-state index is 0.0331. The topological polar surface area (TPSA) is 56.3 Å². The molecule has 5 nitrogen and oxygen atoms in total. The van der Waals surface area contributed by atoms with Gasteiger partial charge in [-0.25, -0.2) is 13.8 Å². The van der Waals surface area contributed by atoms with Gasteiger partial charge in [0.2, 0.25) is 5.95 Å². The zero-order chi connectivity index (χ0) is 15.0. The Kier molecular flexibility index (Phi) is 3.77. The van der Waals surface area contributed by atoms with Crippen LogP contribution in [0.15, 0.2) is 12.1 Å². The van der Waals surface area contributed by atoms with E-state index in [1.165, 1.54) is 6.07 Å². The molecule has 1 aromatic carbocycles. The van der Waals surface area contributed by atoms with E-state index in [9.17, 15) is 8.78 Å². The Hall–Kier alpha value is -1.73. The lowest BCUT2D eigenvalue weighted by molar-refractivity contribution is 0.0329. The van der Waals surface area contributed by atoms with E-state index in [0.29, 0.717) is 18.7 Å². The van der Waals surface area contributed by atoms with Gasteiger partial charge in [0.15, 0.2) is 5.82 Å². The number of hydrogen-bond donors (Lipinski definition) is 1. The van der Waals surface area contributed by atoms with Crippen LogP contribution >= 0.6 is 0 Å². The van der Waals surface area contributed by atoms with E-state index in [0.717, 1.165) is 25.7 Å². The van der Waals surface area contributed by atoms with Gasteiger partial charge >= 0.3 is 0 Å². The Bertz CT molecular complexity index is 652. The number of rotatable bonds is 3. The Morgan fingerprint density at radius 1 is 1.33 bits per heavy atom. The van der Waals surface area contributed by atoms with Crippen molar-refractivity contribution in [1.29, 1.82) is 0 Å². The molecule has 0 aliphatic carbocycles. The van der Waals surface area contributed by atoms with Crippen LogP contribution in [0.1, 0.15) is 13.0 Å². The van der Waals surface area contributed by atoms with Crippen LogP contribution in [-0.2, 0) is 4.74 Å². The number of hydrogen-bond acceptors (Lipinski definition) is 4. The van der Waals surface area contributed by atoms with Crippen LogP contribution in [0.2, 0.25) is 0 Å². The van der Waals surface area contributed by atoms with Crippen LogP contribution in [0.4, 0.5) is 14.7 Å². The van der Waals surface area contributed by atoms with Crippen LogP contribution in [0.3, 0.4) is 0 Å². The molecule has 0 radical (unpaired) electrons. The van der Waals surface area contributed by atoms with Crippen molar-refractivity contribution in [1.82, 2.24) is 14.5 Å². The number of benzene rings is 1. The quantitative estimate of drug-likeness (QED) is 0.938. The highest BCUT2D eigenvalue weighted by atomic mass is 19.1. The summed E-state index contributed by atoms with van der Waals surface area (Å²) in [6.07, 6.45) is 0. The molecule has 0 bridgehead atoms. The van der Waals surface area contributed by atoms with Crippen molar-refractivity contribution >= 4 is 17.0 Å². The molecule has 2 N–H and O–H groups in total. The first kappa shape index (κ1) is 14.2. The van der Waals surface area contributed by atoms with Gasteiger partial charge in [-0.1, -0.05) is 0 Å². The van der Waals surface area contributed by atoms with E-state index in [1.807, 2.05) is 6.92 Å². The fraction of sp³-hybridized carbons (Fsp3) is 0.500. The van der Waals surface area contributed by atoms with Gasteiger partial charge in [-0.2, -0.15) is 0 Å². The second kappa shape index (κ2) is 5.57. The van der Waals surface area contributed by atoms with Crippen molar-refractivity contribution in [2.24, 2.45) is 0 Å². The van der Waals surface area contributed by atoms with E-state index in [-0.39, 0.29) is 17.5 Å². The molecular formula is C14H18F2N4O. The number of nitrogens with two attached hydrogens (primary N) is 1. The van der Waals surface area contributed by atoms with Crippen molar-refractivity contribution in [3.8, 4) is 0 Å². The highest BCUT2D eigenvalue weighted by Crippen LogP contribution is 2.26. The van der Waals surface area contributed by atoms with Crippen molar-refractivity contribution in [3.63, 3.8) is 0 Å². The van der Waals surface area contributed by atoms with Gasteiger partial charge in [0, 0.05) is 37.8 Å². The van der Waals surface area contributed by atoms with E-state index in [2.05, 4.69) is 9.88 Å². The standard InChI is InChI=1S/C14H18F2N4O/c1-9(8-19-2-4-21-5-3-19)20-12-7-10(15)6-11(16)13(12)18-14(20)17/h6-7,9H,2-5,8H2,1H3,(H2,17,18). The smallest absolute Gasteiger partial charge is 0.201 e. The van der Waals surface area contributed by atoms with Crippen LogP contribution in [0.5, 0.6) is 0 Å². The molecule has 7 heteroatoms. The molecule has 3 rings (SSSR count). The summed E-state index contributed by atoms with van der Waals surface area (Å²) in [7, 11) is 0. The number of anilines is 1. The van der Waals surface area contributed by atoms with Gasteiger partial charge in [0.05, 0.1) is 18.7 Å². The number of fused-ring (bicyclic) bond motifs is 1. The van der Waals surface area contributed by atoms with Gasteiger partial charge in [-0.3, -0.25) is 4.90 Å². The molecule has 0 spiro atoms. The third kappa shape index (κ3) is 2.71. The van der Waals surface area contributed by atoms with E-state index < -0.39 is 11.6 Å². The van der Waals surface area contributed by atoms with Gasteiger partial charge < -0.3 is 15.0 Å². The predicted molar refractivity (Wildman–Crippen MR) is 76.0 cm³/mol. The van der Waals surface area contributed by atoms with Crippen LogP contribution in [0, 0.1) is 11.6 Å². The Morgan fingerprint density at radius 3 is 2.76 bits per heavy atom. The summed E-state index contributed by atoms with van der Waals surface area (Å²) in [4.78, 5) is 6.27. The summed E-state index contributed by atoms with van der Waals surface area (Å²) in [5.74, 6) is -1.11. The molecular weight excluding hydrogens is 278 g/mol. The largest absolute Gasteiger partial charge is 0.379 e. The summed E-state index contributed by atoms with van der Waals surface area (Å²) in [5, 5.41) is 0. The summed E-state index contributed by atoms with van der Waals surface area (Å²) >= 11 is 0. The number of aromatic nitrogens is 2. The van der Waals surface area contributed by atoms with Crippen molar-refractivity contribution < 1.29 is 13.5 Å². The molecule has 1 aromatic heterocycles. The molecule has 0 amide bonds. The summed E-state index contributed by atoms with van der Waals surface area (Å²) < 4.78 is 34.2. The maximum Gasteiger partial charge on any atom is 0.201 e. The van der Waals surface area contributed by atoms with Crippen molar-refractivity contribution in [3.05, 3.63) is 23.8 Å². The molecule has 1 saturated heterocycles. The van der Waals surface area contributed by atoms with Gasteiger partial charge in [0.1, 0.15) is 11.3 Å². The SMILES string of the molecule is CC(CN1CCOCC1)n1c(N)nc2c(F)cc(F)cc21. The number of nitrogen functional groups attached to an aromatic ring is 1. The molecule has 0 saturated carbocycles. The molecule has 1 aliphatic rings. The van der Waals surface area contributed by atoms with Gasteiger partial charge in [-0.15, -0.1) is 0 Å². The molecule has 1 fully saturated rings. The first-order chi connectivity index (χ1) is 10.1. The fourth-order valence-electron chi connectivity index (χ4n) is 2.84. The van der Waals surface area contributed by atoms with Crippen LogP contribution < -0.4 is 5.73 Å². The minimum Gasteiger partial charge on any atom is -0.379 e. The molecule has 114 valence electrons. The zero-order valence-electron chi connectivity index (χ0n) is 11.9. The molecule has 1 unspecified atom stereocenters. The number of ether oxygens (including phenoxy) is 1. The van der Waals surface area contributed by atoms with E-state index in [4.69, 9.17) is 10.5 Å². The predicted octanol–water partition coefficient (Wildman–Crippen LogP) is 1.79. The van der Waals surface area contributed by atoms with Gasteiger partial charge in [-0.05, 0) is 6.92 Å². The highest BCUT2D eigenvalue weighted by molar-refractivity contribution is 5.79. The molecule has 1 aliphatic heterocycles. The summed E-state index contributed by atoms with van der Waals surface area (Å²) in [6.45, 7) is 5.80. The van der Waals surface area contributed by atoms with Crippen LogP contribution in [0.25, 0.3) is 11.0 Å². The second-order valence-corrected chi connectivity index (χ2v) is 5.36. The summed E-state index contributed by atoms with van der Waals surface area (Å²) in [6, 6.07) is 2.07. The molecule has 2 aromatic rings. The lowest BCUT2D eigenvalue weighted by Crippen LogP contribution is -2.39. The second-order valence-electron chi connectivity index (χ2n) is 5.36. The van der Waals surface area contributed by atoms with Crippen molar-refractivity contribution in [2.75, 3.05) is 38.6 Å². The normalized spacial score (nSPS) is 18.2. The average molecular weight is 296 g/mol. The number of morpholine rings is 1. The monoisotopic (exact) mass is 296 g/mol. The van der Waals surface area contributed by atoms with Gasteiger partial charge in [0.25, 0.3) is 0 Å². The zero-order valence-corrected chi connectivity index (χ0v) is 11.9. The number of imidazole rings is 1. The maximum atomic E-state index is 13.8. The molecule has 21 heavy (non-hydrogen) atoms. The first-order valence-electron chi connectivity index (χ1n) is 6.99. The third-order valence-electron chi connectivity index (χ3n) is 3.81. The van der Waals surface area contributed by atoms with E-state index >= 15 is 0 Å². The number of halogens is 2. The minimum atomic E-state index is -0.686. The fourth-order valence-corrected chi connectivity index (χ4v) is 2.84. The van der Waals surface area contributed by atoms with Crippen LogP contribution in [-0.4, -0.2) is 47.3 Å². The maximum absolute atomic E-state index is 13.8. The Balaban J connectivity index is 1.93. The van der Waals surface area contributed by atoms with E-state index in [1.54, 1.807) is 4.57 Å².